The summed E-state index contributed by atoms with van der Waals surface area (Å²) in [5, 5.41) is 1.92. The van der Waals surface area contributed by atoms with Gasteiger partial charge in [-0.2, -0.15) is 0 Å². The van der Waals surface area contributed by atoms with E-state index in [1.807, 2.05) is 12.1 Å². The van der Waals surface area contributed by atoms with E-state index in [0.717, 1.165) is 37.3 Å². The number of amides is 1. The predicted octanol–water partition coefficient (Wildman–Crippen LogP) is 2.80. The number of nitrogens with one attached hydrogen (secondary N) is 1. The van der Waals surface area contributed by atoms with Crippen molar-refractivity contribution >= 4 is 28.4 Å². The Morgan fingerprint density at radius 2 is 2.33 bits per heavy atom. The summed E-state index contributed by atoms with van der Waals surface area (Å²) < 4.78 is 2.39. The minimum atomic E-state index is -0.0703. The van der Waals surface area contributed by atoms with Crippen molar-refractivity contribution in [1.29, 1.82) is 0 Å². The molecule has 1 heterocycles. The number of aryl methyl sites for hydroxylation is 1. The number of carbonyl (C=O) groups is 1. The molecule has 5 heteroatoms. The molecule has 0 spiro atoms. The normalized spacial score (nSPS) is 17.8. The van der Waals surface area contributed by atoms with Crippen molar-refractivity contribution < 1.29 is 4.79 Å². The molecule has 21 heavy (non-hydrogen) atoms. The van der Waals surface area contributed by atoms with Gasteiger partial charge < -0.3 is 4.57 Å². The SMILES string of the molecule is CCCn1c2c(c3cc(Cl)ccc31)CC(C(=O)NN)CC2. The van der Waals surface area contributed by atoms with Crippen LogP contribution in [0.2, 0.25) is 5.02 Å². The molecule has 0 bridgehead atoms. The lowest BCUT2D eigenvalue weighted by atomic mass is 9.86. The molecule has 1 unspecified atom stereocenters. The number of carbonyl (C=O) groups excluding carboxylic acids is 1. The molecule has 1 amide bonds. The fourth-order valence-corrected chi connectivity index (χ4v) is 3.61. The second kappa shape index (κ2) is 5.70. The van der Waals surface area contributed by atoms with Crippen molar-refractivity contribution in [2.24, 2.45) is 11.8 Å². The number of hydrazine groups is 1. The number of nitrogens with two attached hydrogens (primary N) is 1. The average Bonchev–Trinajstić information content (AvgIpc) is 2.80. The van der Waals surface area contributed by atoms with Crippen LogP contribution in [0.4, 0.5) is 0 Å². The van der Waals surface area contributed by atoms with E-state index < -0.39 is 0 Å². The standard InChI is InChI=1S/C16H20ClN3O/c1-2-7-20-14-5-3-10(16(21)19-18)8-12(14)13-9-11(17)4-6-15(13)20/h4,6,9-10H,2-3,5,7-8,18H2,1H3,(H,19,21). The first-order chi connectivity index (χ1) is 10.2. The van der Waals surface area contributed by atoms with Crippen LogP contribution in [-0.4, -0.2) is 10.5 Å². The lowest BCUT2D eigenvalue weighted by Gasteiger charge is -2.22. The largest absolute Gasteiger partial charge is 0.344 e. The fraction of sp³-hybridized carbons (Fsp3) is 0.438. The predicted molar refractivity (Wildman–Crippen MR) is 85.1 cm³/mol. The van der Waals surface area contributed by atoms with Crippen LogP contribution in [0.5, 0.6) is 0 Å². The highest BCUT2D eigenvalue weighted by atomic mass is 35.5. The molecule has 0 aliphatic heterocycles. The maximum absolute atomic E-state index is 11.8. The lowest BCUT2D eigenvalue weighted by Crippen LogP contribution is -2.38. The lowest BCUT2D eigenvalue weighted by molar-refractivity contribution is -0.125. The summed E-state index contributed by atoms with van der Waals surface area (Å²) in [5.74, 6) is 5.18. The number of benzene rings is 1. The zero-order valence-electron chi connectivity index (χ0n) is 12.2. The first-order valence-corrected chi connectivity index (χ1v) is 7.83. The van der Waals surface area contributed by atoms with Crippen LogP contribution in [0.3, 0.4) is 0 Å². The Labute approximate surface area is 129 Å². The van der Waals surface area contributed by atoms with E-state index in [4.69, 9.17) is 17.4 Å². The zero-order valence-corrected chi connectivity index (χ0v) is 12.9. The average molecular weight is 306 g/mol. The number of aromatic nitrogens is 1. The van der Waals surface area contributed by atoms with E-state index in [1.54, 1.807) is 0 Å². The number of hydrogen-bond acceptors (Lipinski definition) is 2. The Balaban J connectivity index is 2.13. The van der Waals surface area contributed by atoms with Gasteiger partial charge in [0.05, 0.1) is 0 Å². The van der Waals surface area contributed by atoms with E-state index in [0.29, 0.717) is 0 Å². The van der Waals surface area contributed by atoms with Gasteiger partial charge in [0.15, 0.2) is 0 Å². The quantitative estimate of drug-likeness (QED) is 0.520. The molecule has 0 saturated carbocycles. The van der Waals surface area contributed by atoms with Crippen molar-refractivity contribution in [2.75, 3.05) is 0 Å². The molecule has 3 N–H and O–H groups in total. The van der Waals surface area contributed by atoms with E-state index in [9.17, 15) is 4.79 Å². The topological polar surface area (TPSA) is 60.0 Å². The molecule has 112 valence electrons. The number of fused-ring (bicyclic) bond motifs is 3. The van der Waals surface area contributed by atoms with Crippen LogP contribution in [0.1, 0.15) is 31.0 Å². The van der Waals surface area contributed by atoms with Gasteiger partial charge in [-0.05, 0) is 49.4 Å². The van der Waals surface area contributed by atoms with Crippen LogP contribution in [0.15, 0.2) is 18.2 Å². The summed E-state index contributed by atoms with van der Waals surface area (Å²) in [6, 6.07) is 6.04. The molecular weight excluding hydrogens is 286 g/mol. The van der Waals surface area contributed by atoms with Gasteiger partial charge in [0, 0.05) is 34.1 Å². The van der Waals surface area contributed by atoms with E-state index in [1.165, 1.54) is 22.2 Å². The van der Waals surface area contributed by atoms with Crippen molar-refractivity contribution in [3.05, 3.63) is 34.5 Å². The molecule has 4 nitrogen and oxygen atoms in total. The van der Waals surface area contributed by atoms with Crippen LogP contribution in [-0.2, 0) is 24.2 Å². The fourth-order valence-electron chi connectivity index (χ4n) is 3.44. The highest BCUT2D eigenvalue weighted by Crippen LogP contribution is 2.35. The molecule has 1 aromatic heterocycles. The third-order valence-electron chi connectivity index (χ3n) is 4.39. The Bertz CT molecular complexity index is 692. The van der Waals surface area contributed by atoms with Gasteiger partial charge in [-0.25, -0.2) is 5.84 Å². The van der Waals surface area contributed by atoms with Crippen molar-refractivity contribution in [3.63, 3.8) is 0 Å². The first kappa shape index (κ1) is 14.4. The maximum Gasteiger partial charge on any atom is 0.237 e. The minimum Gasteiger partial charge on any atom is -0.344 e. The summed E-state index contributed by atoms with van der Waals surface area (Å²) in [5.41, 5.74) is 6.13. The number of hydrogen-bond donors (Lipinski definition) is 2. The van der Waals surface area contributed by atoms with E-state index >= 15 is 0 Å². The molecular formula is C16H20ClN3O. The molecule has 3 rings (SSSR count). The Kier molecular flexibility index (Phi) is 3.91. The van der Waals surface area contributed by atoms with Gasteiger partial charge in [-0.3, -0.25) is 10.2 Å². The van der Waals surface area contributed by atoms with Gasteiger partial charge >= 0.3 is 0 Å². The summed E-state index contributed by atoms with van der Waals surface area (Å²) in [7, 11) is 0. The third kappa shape index (κ3) is 2.43. The summed E-state index contributed by atoms with van der Waals surface area (Å²) in [4.78, 5) is 11.8. The van der Waals surface area contributed by atoms with Crippen molar-refractivity contribution in [3.8, 4) is 0 Å². The molecule has 2 aromatic rings. The van der Waals surface area contributed by atoms with Gasteiger partial charge in [0.1, 0.15) is 0 Å². The molecule has 0 saturated heterocycles. The highest BCUT2D eigenvalue weighted by Gasteiger charge is 2.28. The van der Waals surface area contributed by atoms with Crippen molar-refractivity contribution in [1.82, 2.24) is 9.99 Å². The Morgan fingerprint density at radius 3 is 3.05 bits per heavy atom. The van der Waals surface area contributed by atoms with Gasteiger partial charge in [0.2, 0.25) is 5.91 Å². The second-order valence-electron chi connectivity index (χ2n) is 5.69. The summed E-state index contributed by atoms with van der Waals surface area (Å²) in [6.07, 6.45) is 3.60. The molecule has 1 aromatic carbocycles. The van der Waals surface area contributed by atoms with E-state index in [-0.39, 0.29) is 11.8 Å². The number of nitrogens with zero attached hydrogens (tertiary/aromatic N) is 1. The maximum atomic E-state index is 11.8. The Morgan fingerprint density at radius 1 is 1.52 bits per heavy atom. The molecule has 1 aliphatic rings. The number of rotatable bonds is 3. The minimum absolute atomic E-state index is 0.0397. The summed E-state index contributed by atoms with van der Waals surface area (Å²) >= 11 is 6.17. The van der Waals surface area contributed by atoms with Crippen molar-refractivity contribution in [2.45, 2.75) is 39.2 Å². The smallest absolute Gasteiger partial charge is 0.237 e. The van der Waals surface area contributed by atoms with Crippen LogP contribution < -0.4 is 11.3 Å². The summed E-state index contributed by atoms with van der Waals surface area (Å²) in [6.45, 7) is 3.18. The van der Waals surface area contributed by atoms with Gasteiger partial charge in [0.25, 0.3) is 0 Å². The molecule has 1 atom stereocenters. The molecule has 1 aliphatic carbocycles. The van der Waals surface area contributed by atoms with Crippen LogP contribution >= 0.6 is 11.6 Å². The van der Waals surface area contributed by atoms with Crippen LogP contribution in [0.25, 0.3) is 10.9 Å². The molecule has 0 fully saturated rings. The second-order valence-corrected chi connectivity index (χ2v) is 6.12. The number of halogens is 1. The molecule has 0 radical (unpaired) electrons. The third-order valence-corrected chi connectivity index (χ3v) is 4.62. The van der Waals surface area contributed by atoms with E-state index in [2.05, 4.69) is 23.0 Å². The first-order valence-electron chi connectivity index (χ1n) is 7.45. The monoisotopic (exact) mass is 305 g/mol. The zero-order chi connectivity index (χ0) is 15.0. The Hall–Kier alpha value is -1.52. The van der Waals surface area contributed by atoms with Gasteiger partial charge in [-0.1, -0.05) is 18.5 Å². The van der Waals surface area contributed by atoms with Crippen LogP contribution in [0, 0.1) is 5.92 Å². The van der Waals surface area contributed by atoms with Gasteiger partial charge in [-0.15, -0.1) is 0 Å². The highest BCUT2D eigenvalue weighted by molar-refractivity contribution is 6.31.